The van der Waals surface area contributed by atoms with E-state index in [2.05, 4.69) is 10.6 Å². The topological polar surface area (TPSA) is 78.4 Å². The summed E-state index contributed by atoms with van der Waals surface area (Å²) >= 11 is 32.5. The Hall–Kier alpha value is -0.500. The largest absolute Gasteiger partial charge is 0.478 e. The molecule has 21 heavy (non-hydrogen) atoms. The number of anilines is 1. The molecule has 0 aliphatic carbocycles. The summed E-state index contributed by atoms with van der Waals surface area (Å²) in [5, 5.41) is 13.4. The highest BCUT2D eigenvalue weighted by atomic mass is 35.6. The van der Waals surface area contributed by atoms with Crippen LogP contribution in [0.15, 0.2) is 12.1 Å². The fourth-order valence-electron chi connectivity index (χ4n) is 1.19. The van der Waals surface area contributed by atoms with E-state index in [0.717, 1.165) is 6.07 Å². The third-order valence-electron chi connectivity index (χ3n) is 2.01. The van der Waals surface area contributed by atoms with Gasteiger partial charge in [0.25, 0.3) is 9.70 Å². The second-order valence-corrected chi connectivity index (χ2v) is 7.05. The Bertz CT molecular complexity index is 617. The molecule has 0 bridgehead atoms. The molecule has 0 aliphatic heterocycles. The summed E-state index contributed by atoms with van der Waals surface area (Å²) in [6, 6.07) is 2.47. The van der Waals surface area contributed by atoms with Crippen LogP contribution in [0.5, 0.6) is 0 Å². The predicted molar refractivity (Wildman–Crippen MR) is 88.1 cm³/mol. The monoisotopic (exact) mass is 408 g/mol. The molecule has 0 atom stereocenters. The summed E-state index contributed by atoms with van der Waals surface area (Å²) in [5.74, 6) is -2.30. The van der Waals surface area contributed by atoms with Gasteiger partial charge in [0.15, 0.2) is 5.11 Å². The lowest BCUT2D eigenvalue weighted by molar-refractivity contribution is -0.118. The van der Waals surface area contributed by atoms with Crippen molar-refractivity contribution >= 4 is 92.9 Å². The van der Waals surface area contributed by atoms with Gasteiger partial charge in [-0.2, -0.15) is 0 Å². The molecule has 0 heterocycles. The molecule has 1 aromatic rings. The smallest absolute Gasteiger partial charge is 0.337 e. The molecule has 11 heteroatoms. The first-order valence-corrected chi connectivity index (χ1v) is 7.23. The standard InChI is InChI=1S/C10H5Cl5N2O3S/c11-3-1-4(7(18)19)6(5(12)2-3)16-9(21)17-8(20)10(13,14)15/h1-2H,(H,18,19)(H2,16,17,20,21). The van der Waals surface area contributed by atoms with E-state index in [0.29, 0.717) is 0 Å². The first-order valence-electron chi connectivity index (χ1n) is 4.94. The number of thiocarbonyl (C=S) groups is 1. The van der Waals surface area contributed by atoms with Crippen LogP contribution in [0.2, 0.25) is 10.0 Å². The highest BCUT2D eigenvalue weighted by Gasteiger charge is 2.31. The molecule has 0 aromatic heterocycles. The number of hydrogen-bond acceptors (Lipinski definition) is 3. The van der Waals surface area contributed by atoms with Crippen LogP contribution in [-0.4, -0.2) is 25.9 Å². The number of carboxylic acid groups (broad SMARTS) is 1. The van der Waals surface area contributed by atoms with Crippen molar-refractivity contribution in [3.05, 3.63) is 27.7 Å². The molecule has 3 N–H and O–H groups in total. The normalized spacial score (nSPS) is 10.9. The van der Waals surface area contributed by atoms with E-state index in [-0.39, 0.29) is 26.4 Å². The average Bonchev–Trinajstić information content (AvgIpc) is 2.30. The molecule has 1 aromatic carbocycles. The number of aromatic carboxylic acids is 1. The van der Waals surface area contributed by atoms with Crippen LogP contribution in [0.3, 0.4) is 0 Å². The van der Waals surface area contributed by atoms with Gasteiger partial charge in [-0.1, -0.05) is 58.0 Å². The maximum Gasteiger partial charge on any atom is 0.337 e. The van der Waals surface area contributed by atoms with Crippen LogP contribution < -0.4 is 10.6 Å². The Morgan fingerprint density at radius 2 is 1.76 bits per heavy atom. The van der Waals surface area contributed by atoms with Gasteiger partial charge in [-0.3, -0.25) is 10.1 Å². The summed E-state index contributed by atoms with van der Waals surface area (Å²) in [6.45, 7) is 0. The van der Waals surface area contributed by atoms with E-state index >= 15 is 0 Å². The Morgan fingerprint density at radius 3 is 2.24 bits per heavy atom. The Balaban J connectivity index is 3.01. The van der Waals surface area contributed by atoms with Gasteiger partial charge in [0.05, 0.1) is 16.3 Å². The molecule has 114 valence electrons. The maximum absolute atomic E-state index is 11.4. The van der Waals surface area contributed by atoms with Gasteiger partial charge >= 0.3 is 5.97 Å². The summed E-state index contributed by atoms with van der Waals surface area (Å²) in [6.07, 6.45) is 0. The van der Waals surface area contributed by atoms with Crippen LogP contribution in [0.1, 0.15) is 10.4 Å². The number of carbonyl (C=O) groups is 2. The van der Waals surface area contributed by atoms with E-state index in [1.807, 2.05) is 0 Å². The predicted octanol–water partition coefficient (Wildman–Crippen LogP) is 3.87. The number of hydrogen-bond donors (Lipinski definition) is 3. The highest BCUT2D eigenvalue weighted by molar-refractivity contribution is 7.80. The molecule has 1 amide bonds. The fourth-order valence-corrected chi connectivity index (χ4v) is 2.07. The number of halogens is 5. The minimum absolute atomic E-state index is 0.00890. The van der Waals surface area contributed by atoms with Crippen LogP contribution in [0.25, 0.3) is 0 Å². The number of amides is 1. The van der Waals surface area contributed by atoms with Crippen LogP contribution in [0, 0.1) is 0 Å². The van der Waals surface area contributed by atoms with Gasteiger partial charge < -0.3 is 10.4 Å². The summed E-state index contributed by atoms with van der Waals surface area (Å²) in [4.78, 5) is 22.6. The van der Waals surface area contributed by atoms with E-state index in [4.69, 9.17) is 75.3 Å². The lowest BCUT2D eigenvalue weighted by atomic mass is 10.2. The van der Waals surface area contributed by atoms with E-state index in [9.17, 15) is 9.59 Å². The molecular formula is C10H5Cl5N2O3S. The Morgan fingerprint density at radius 1 is 1.19 bits per heavy atom. The molecule has 0 saturated carbocycles. The first kappa shape index (κ1) is 18.5. The van der Waals surface area contributed by atoms with Gasteiger partial charge in [0.2, 0.25) is 0 Å². The van der Waals surface area contributed by atoms with Crippen molar-refractivity contribution < 1.29 is 14.7 Å². The number of rotatable bonds is 2. The molecule has 0 unspecified atom stereocenters. The molecule has 1 rings (SSSR count). The number of benzene rings is 1. The van der Waals surface area contributed by atoms with Crippen molar-refractivity contribution in [1.29, 1.82) is 0 Å². The van der Waals surface area contributed by atoms with Crippen molar-refractivity contribution in [2.45, 2.75) is 3.79 Å². The molecule has 5 nitrogen and oxygen atoms in total. The first-order chi connectivity index (χ1) is 9.52. The molecule has 0 spiro atoms. The molecule has 0 radical (unpaired) electrons. The van der Waals surface area contributed by atoms with Crippen molar-refractivity contribution in [2.24, 2.45) is 0 Å². The second kappa shape index (κ2) is 7.17. The highest BCUT2D eigenvalue weighted by Crippen LogP contribution is 2.30. The molecule has 0 aliphatic rings. The minimum atomic E-state index is -2.22. The van der Waals surface area contributed by atoms with Crippen molar-refractivity contribution in [2.75, 3.05) is 5.32 Å². The number of alkyl halides is 3. The van der Waals surface area contributed by atoms with Gasteiger partial charge in [-0.05, 0) is 24.4 Å². The van der Waals surface area contributed by atoms with Gasteiger partial charge in [0.1, 0.15) is 0 Å². The quantitative estimate of drug-likeness (QED) is 0.510. The fraction of sp³-hybridized carbons (Fsp3) is 0.100. The second-order valence-electron chi connectivity index (χ2n) is 3.52. The Kier molecular flexibility index (Phi) is 6.34. The van der Waals surface area contributed by atoms with E-state index in [1.54, 1.807) is 0 Å². The van der Waals surface area contributed by atoms with Gasteiger partial charge in [-0.15, -0.1) is 0 Å². The zero-order valence-corrected chi connectivity index (χ0v) is 14.3. The molecule has 0 saturated heterocycles. The number of carboxylic acids is 1. The third kappa shape index (κ3) is 5.32. The SMILES string of the molecule is O=C(O)c1cc(Cl)cc(Cl)c1NC(=S)NC(=O)C(Cl)(Cl)Cl. The molecular weight excluding hydrogens is 405 g/mol. The van der Waals surface area contributed by atoms with E-state index in [1.165, 1.54) is 6.07 Å². The average molecular weight is 410 g/mol. The zero-order chi connectivity index (χ0) is 16.4. The van der Waals surface area contributed by atoms with Crippen molar-refractivity contribution in [3.8, 4) is 0 Å². The maximum atomic E-state index is 11.4. The number of carbonyl (C=O) groups excluding carboxylic acids is 1. The van der Waals surface area contributed by atoms with Crippen molar-refractivity contribution in [1.82, 2.24) is 5.32 Å². The van der Waals surface area contributed by atoms with Crippen LogP contribution in [-0.2, 0) is 4.79 Å². The third-order valence-corrected chi connectivity index (χ3v) is 3.24. The van der Waals surface area contributed by atoms with Gasteiger partial charge in [-0.25, -0.2) is 4.79 Å². The van der Waals surface area contributed by atoms with Crippen LogP contribution in [0.4, 0.5) is 5.69 Å². The summed E-state index contributed by atoms with van der Waals surface area (Å²) in [7, 11) is 0. The minimum Gasteiger partial charge on any atom is -0.478 e. The summed E-state index contributed by atoms with van der Waals surface area (Å²) in [5.41, 5.74) is -0.291. The van der Waals surface area contributed by atoms with Gasteiger partial charge in [0, 0.05) is 5.02 Å². The zero-order valence-electron chi connectivity index (χ0n) is 9.72. The summed E-state index contributed by atoms with van der Waals surface area (Å²) < 4.78 is -2.22. The lowest BCUT2D eigenvalue weighted by Gasteiger charge is -2.15. The molecule has 0 fully saturated rings. The number of nitrogens with one attached hydrogen (secondary N) is 2. The lowest BCUT2D eigenvalue weighted by Crippen LogP contribution is -2.41. The van der Waals surface area contributed by atoms with Crippen molar-refractivity contribution in [3.63, 3.8) is 0 Å². The van der Waals surface area contributed by atoms with E-state index < -0.39 is 15.7 Å². The van der Waals surface area contributed by atoms with Crippen LogP contribution >= 0.6 is 70.2 Å². The Labute approximate surface area is 149 Å².